The normalized spacial score (nSPS) is 44.4. The van der Waals surface area contributed by atoms with Crippen LogP contribution < -0.4 is 0 Å². The minimum atomic E-state index is -1.42. The Kier molecular flexibility index (Phi) is 3.86. The summed E-state index contributed by atoms with van der Waals surface area (Å²) in [5.41, 5.74) is 0. The molecular formula is C9H18O5. The van der Waals surface area contributed by atoms with E-state index in [4.69, 9.17) is 9.84 Å². The quantitative estimate of drug-likeness (QED) is 0.450. The first kappa shape index (κ1) is 11.9. The molecule has 0 aliphatic carbocycles. The van der Waals surface area contributed by atoms with Crippen molar-refractivity contribution in [1.82, 2.24) is 0 Å². The minimum Gasteiger partial charge on any atom is -0.394 e. The third kappa shape index (κ3) is 2.07. The molecule has 0 aromatic heterocycles. The van der Waals surface area contributed by atoms with E-state index in [1.807, 2.05) is 13.8 Å². The summed E-state index contributed by atoms with van der Waals surface area (Å²) in [6.07, 6.45) is -4.40. The Hall–Kier alpha value is -0.200. The van der Waals surface area contributed by atoms with Gasteiger partial charge in [0.15, 0.2) is 6.29 Å². The predicted molar refractivity (Wildman–Crippen MR) is 48.3 cm³/mol. The van der Waals surface area contributed by atoms with Crippen LogP contribution >= 0.6 is 0 Å². The fraction of sp³-hybridized carbons (Fsp3) is 1.00. The molecule has 5 atom stereocenters. The summed E-state index contributed by atoms with van der Waals surface area (Å²) in [7, 11) is 0. The minimum absolute atomic E-state index is 0.0595. The Morgan fingerprint density at radius 2 is 1.71 bits per heavy atom. The average Bonchev–Trinajstić information content (AvgIpc) is 2.12. The summed E-state index contributed by atoms with van der Waals surface area (Å²) < 4.78 is 4.99. The van der Waals surface area contributed by atoms with Crippen LogP contribution in [0, 0.1) is 11.8 Å². The van der Waals surface area contributed by atoms with E-state index in [-0.39, 0.29) is 18.4 Å². The van der Waals surface area contributed by atoms with E-state index < -0.39 is 24.6 Å². The van der Waals surface area contributed by atoms with Crippen LogP contribution in [-0.4, -0.2) is 51.6 Å². The predicted octanol–water partition coefficient (Wildman–Crippen LogP) is -1.31. The summed E-state index contributed by atoms with van der Waals surface area (Å²) in [4.78, 5) is 0. The molecule has 1 unspecified atom stereocenters. The maximum atomic E-state index is 9.68. The Labute approximate surface area is 82.9 Å². The Morgan fingerprint density at radius 3 is 2.14 bits per heavy atom. The molecule has 1 aliphatic rings. The first-order valence-corrected chi connectivity index (χ1v) is 4.79. The number of aliphatic hydroxyl groups is 4. The van der Waals surface area contributed by atoms with Crippen molar-refractivity contribution in [2.45, 2.75) is 38.4 Å². The standard InChI is InChI=1S/C9H18O5/c1-4(2)6-5(3-10)14-9(13)8(12)7(6)11/h4-13H,3H2,1-2H3/t5-,6+,7-,8+,9?/m1/s1. The molecule has 0 aromatic carbocycles. The SMILES string of the molecule is CC(C)[C@@H]1[C@@H](O)[C@H](O)C(O)O[C@@H]1CO. The van der Waals surface area contributed by atoms with Crippen LogP contribution in [0.2, 0.25) is 0 Å². The Morgan fingerprint density at radius 1 is 1.14 bits per heavy atom. The van der Waals surface area contributed by atoms with Crippen molar-refractivity contribution in [3.63, 3.8) is 0 Å². The summed E-state index contributed by atoms with van der Waals surface area (Å²) in [5.74, 6) is -0.303. The van der Waals surface area contributed by atoms with Crippen LogP contribution in [-0.2, 0) is 4.74 Å². The molecule has 0 bridgehead atoms. The molecule has 1 saturated heterocycles. The lowest BCUT2D eigenvalue weighted by molar-refractivity contribution is -0.279. The van der Waals surface area contributed by atoms with E-state index in [1.165, 1.54) is 0 Å². The van der Waals surface area contributed by atoms with Crippen molar-refractivity contribution >= 4 is 0 Å². The summed E-state index contributed by atoms with van der Waals surface area (Å²) in [6, 6.07) is 0. The maximum absolute atomic E-state index is 9.68. The maximum Gasteiger partial charge on any atom is 0.183 e. The first-order valence-electron chi connectivity index (χ1n) is 4.79. The lowest BCUT2D eigenvalue weighted by atomic mass is 9.81. The largest absolute Gasteiger partial charge is 0.394 e. The molecule has 1 heterocycles. The van der Waals surface area contributed by atoms with Gasteiger partial charge in [-0.15, -0.1) is 0 Å². The number of aliphatic hydroxyl groups excluding tert-OH is 4. The van der Waals surface area contributed by atoms with Gasteiger partial charge in [-0.25, -0.2) is 0 Å². The van der Waals surface area contributed by atoms with E-state index in [1.54, 1.807) is 0 Å². The monoisotopic (exact) mass is 206 g/mol. The Balaban J connectivity index is 2.78. The third-order valence-electron chi connectivity index (χ3n) is 2.73. The van der Waals surface area contributed by atoms with Gasteiger partial charge in [0.05, 0.1) is 18.8 Å². The zero-order valence-electron chi connectivity index (χ0n) is 8.37. The van der Waals surface area contributed by atoms with Gasteiger partial charge < -0.3 is 25.2 Å². The fourth-order valence-electron chi connectivity index (χ4n) is 1.95. The molecule has 0 aromatic rings. The van der Waals surface area contributed by atoms with Crippen molar-refractivity contribution in [2.75, 3.05) is 6.61 Å². The lowest BCUT2D eigenvalue weighted by Crippen LogP contribution is -2.56. The topological polar surface area (TPSA) is 90.2 Å². The van der Waals surface area contributed by atoms with Crippen molar-refractivity contribution < 1.29 is 25.2 Å². The fourth-order valence-corrected chi connectivity index (χ4v) is 1.95. The van der Waals surface area contributed by atoms with Crippen LogP contribution in [0.25, 0.3) is 0 Å². The summed E-state index contributed by atoms with van der Waals surface area (Å²) >= 11 is 0. The molecule has 0 amide bonds. The van der Waals surface area contributed by atoms with E-state index in [2.05, 4.69) is 0 Å². The van der Waals surface area contributed by atoms with Crippen LogP contribution in [0.3, 0.4) is 0 Å². The molecule has 1 fully saturated rings. The van der Waals surface area contributed by atoms with E-state index in [0.29, 0.717) is 0 Å². The van der Waals surface area contributed by atoms with E-state index in [9.17, 15) is 15.3 Å². The van der Waals surface area contributed by atoms with Gasteiger partial charge in [-0.2, -0.15) is 0 Å². The van der Waals surface area contributed by atoms with Gasteiger partial charge in [-0.05, 0) is 5.92 Å². The zero-order chi connectivity index (χ0) is 10.9. The van der Waals surface area contributed by atoms with Gasteiger partial charge in [0, 0.05) is 5.92 Å². The van der Waals surface area contributed by atoms with Crippen molar-refractivity contribution in [3.05, 3.63) is 0 Å². The molecule has 84 valence electrons. The van der Waals surface area contributed by atoms with Crippen molar-refractivity contribution in [2.24, 2.45) is 11.8 Å². The number of hydrogen-bond acceptors (Lipinski definition) is 5. The van der Waals surface area contributed by atoms with Crippen LogP contribution in [0.1, 0.15) is 13.8 Å². The van der Waals surface area contributed by atoms with Crippen LogP contribution in [0.4, 0.5) is 0 Å². The molecule has 1 rings (SSSR count). The van der Waals surface area contributed by atoms with Gasteiger partial charge in [-0.1, -0.05) is 13.8 Å². The molecule has 0 spiro atoms. The third-order valence-corrected chi connectivity index (χ3v) is 2.73. The average molecular weight is 206 g/mol. The zero-order valence-corrected chi connectivity index (χ0v) is 8.37. The smallest absolute Gasteiger partial charge is 0.183 e. The molecule has 1 aliphatic heterocycles. The van der Waals surface area contributed by atoms with Crippen LogP contribution in [0.5, 0.6) is 0 Å². The van der Waals surface area contributed by atoms with Crippen molar-refractivity contribution in [3.8, 4) is 0 Å². The van der Waals surface area contributed by atoms with E-state index >= 15 is 0 Å². The summed E-state index contributed by atoms with van der Waals surface area (Å²) in [6.45, 7) is 3.46. The molecule has 4 N–H and O–H groups in total. The second-order valence-corrected chi connectivity index (χ2v) is 4.05. The second kappa shape index (κ2) is 4.55. The van der Waals surface area contributed by atoms with Gasteiger partial charge in [0.2, 0.25) is 0 Å². The van der Waals surface area contributed by atoms with Crippen LogP contribution in [0.15, 0.2) is 0 Å². The van der Waals surface area contributed by atoms with Gasteiger partial charge in [0.1, 0.15) is 6.10 Å². The molecule has 0 saturated carbocycles. The molecule has 0 radical (unpaired) electrons. The number of ether oxygens (including phenoxy) is 1. The highest BCUT2D eigenvalue weighted by Crippen LogP contribution is 2.30. The first-order chi connectivity index (χ1) is 6.49. The molecule has 5 nitrogen and oxygen atoms in total. The highest BCUT2D eigenvalue weighted by Gasteiger charge is 2.44. The molecule has 5 heteroatoms. The summed E-state index contributed by atoms with van der Waals surface area (Å²) in [5, 5.41) is 37.3. The van der Waals surface area contributed by atoms with Crippen molar-refractivity contribution in [1.29, 1.82) is 0 Å². The number of hydrogen-bond donors (Lipinski definition) is 4. The van der Waals surface area contributed by atoms with Gasteiger partial charge in [-0.3, -0.25) is 0 Å². The molecule has 14 heavy (non-hydrogen) atoms. The lowest BCUT2D eigenvalue weighted by Gasteiger charge is -2.42. The highest BCUT2D eigenvalue weighted by molar-refractivity contribution is 4.89. The van der Waals surface area contributed by atoms with E-state index in [0.717, 1.165) is 0 Å². The van der Waals surface area contributed by atoms with Gasteiger partial charge >= 0.3 is 0 Å². The highest BCUT2D eigenvalue weighted by atomic mass is 16.6. The molecular weight excluding hydrogens is 188 g/mol. The number of rotatable bonds is 2. The van der Waals surface area contributed by atoms with Gasteiger partial charge in [0.25, 0.3) is 0 Å². The Bertz CT molecular complexity index is 182. The second-order valence-electron chi connectivity index (χ2n) is 4.05.